The second-order valence-corrected chi connectivity index (χ2v) is 7.22. The van der Waals surface area contributed by atoms with Crippen molar-refractivity contribution in [3.8, 4) is 5.75 Å². The topological polar surface area (TPSA) is 55.3 Å². The van der Waals surface area contributed by atoms with E-state index in [1.54, 1.807) is 7.11 Å². The van der Waals surface area contributed by atoms with E-state index in [0.29, 0.717) is 12.0 Å². The van der Waals surface area contributed by atoms with Crippen molar-refractivity contribution in [3.63, 3.8) is 0 Å². The summed E-state index contributed by atoms with van der Waals surface area (Å²) in [5, 5.41) is 3.50. The van der Waals surface area contributed by atoms with Gasteiger partial charge in [-0.2, -0.15) is 0 Å². The van der Waals surface area contributed by atoms with Crippen LogP contribution in [0.3, 0.4) is 0 Å². The quantitative estimate of drug-likeness (QED) is 0.459. The predicted molar refractivity (Wildman–Crippen MR) is 103 cm³/mol. The van der Waals surface area contributed by atoms with E-state index in [0.717, 1.165) is 57.6 Å². The Morgan fingerprint density at radius 1 is 1.35 bits per heavy atom. The van der Waals surface area contributed by atoms with E-state index in [4.69, 9.17) is 14.2 Å². The average Bonchev–Trinajstić information content (AvgIpc) is 3.30. The molecule has 1 unspecified atom stereocenters. The molecule has 0 radical (unpaired) electrons. The standard InChI is InChI=1S/C20H31N3O3/c1-21-19(23-9-7-20(15-23)8-12-25-16-20)22-14-17-5-3-6-18(13-17)26-11-4-10-24-2/h3,5-6,13H,4,7-12,14-16H2,1-2H3,(H,21,22). The molecule has 2 saturated heterocycles. The highest BCUT2D eigenvalue weighted by Crippen LogP contribution is 2.38. The van der Waals surface area contributed by atoms with Crippen molar-refractivity contribution < 1.29 is 14.2 Å². The molecule has 0 aromatic heterocycles. The molecule has 0 aliphatic carbocycles. The number of methoxy groups -OCH3 is 1. The first kappa shape index (κ1) is 19.0. The number of nitrogens with one attached hydrogen (secondary N) is 1. The van der Waals surface area contributed by atoms with Gasteiger partial charge in [-0.3, -0.25) is 4.99 Å². The van der Waals surface area contributed by atoms with Crippen LogP contribution < -0.4 is 10.1 Å². The molecule has 2 heterocycles. The van der Waals surface area contributed by atoms with Crippen LogP contribution in [0.1, 0.15) is 24.8 Å². The second-order valence-electron chi connectivity index (χ2n) is 7.22. The molecule has 26 heavy (non-hydrogen) atoms. The summed E-state index contributed by atoms with van der Waals surface area (Å²) >= 11 is 0. The van der Waals surface area contributed by atoms with Crippen LogP contribution in [0.15, 0.2) is 29.3 Å². The maximum Gasteiger partial charge on any atom is 0.193 e. The van der Waals surface area contributed by atoms with Crippen LogP contribution in [0.5, 0.6) is 5.75 Å². The van der Waals surface area contributed by atoms with Crippen molar-refractivity contribution in [2.75, 3.05) is 53.7 Å². The van der Waals surface area contributed by atoms with Gasteiger partial charge in [-0.15, -0.1) is 0 Å². The first-order valence-corrected chi connectivity index (χ1v) is 9.49. The molecular weight excluding hydrogens is 330 g/mol. The lowest BCUT2D eigenvalue weighted by atomic mass is 9.87. The van der Waals surface area contributed by atoms with Crippen LogP contribution in [0, 0.1) is 5.41 Å². The summed E-state index contributed by atoms with van der Waals surface area (Å²) in [4.78, 5) is 6.84. The maximum absolute atomic E-state index is 5.78. The van der Waals surface area contributed by atoms with Gasteiger partial charge in [0.25, 0.3) is 0 Å². The molecule has 0 bridgehead atoms. The van der Waals surface area contributed by atoms with Gasteiger partial charge in [0.15, 0.2) is 5.96 Å². The van der Waals surface area contributed by atoms with Crippen molar-refractivity contribution in [1.82, 2.24) is 10.2 Å². The fourth-order valence-corrected chi connectivity index (χ4v) is 3.74. The minimum Gasteiger partial charge on any atom is -0.493 e. The Morgan fingerprint density at radius 2 is 2.27 bits per heavy atom. The van der Waals surface area contributed by atoms with Crippen molar-refractivity contribution in [2.45, 2.75) is 25.8 Å². The van der Waals surface area contributed by atoms with Gasteiger partial charge in [-0.05, 0) is 30.5 Å². The third-order valence-electron chi connectivity index (χ3n) is 5.25. The van der Waals surface area contributed by atoms with Crippen LogP contribution in [-0.2, 0) is 16.0 Å². The highest BCUT2D eigenvalue weighted by molar-refractivity contribution is 5.80. The summed E-state index contributed by atoms with van der Waals surface area (Å²) < 4.78 is 16.5. The van der Waals surface area contributed by atoms with E-state index in [1.807, 2.05) is 19.2 Å². The zero-order chi connectivity index (χ0) is 18.2. The predicted octanol–water partition coefficient (Wildman–Crippen LogP) is 2.29. The molecule has 1 N–H and O–H groups in total. The van der Waals surface area contributed by atoms with Crippen LogP contribution in [-0.4, -0.2) is 64.5 Å². The van der Waals surface area contributed by atoms with Crippen molar-refractivity contribution in [1.29, 1.82) is 0 Å². The summed E-state index contributed by atoms with van der Waals surface area (Å²) in [5.41, 5.74) is 1.53. The number of hydrogen-bond donors (Lipinski definition) is 1. The molecule has 6 heteroatoms. The van der Waals surface area contributed by atoms with E-state index in [-0.39, 0.29) is 0 Å². The summed E-state index contributed by atoms with van der Waals surface area (Å²) in [6, 6.07) is 8.23. The minimum atomic E-state index is 0.341. The van der Waals surface area contributed by atoms with Gasteiger partial charge < -0.3 is 24.4 Å². The Kier molecular flexibility index (Phi) is 6.74. The van der Waals surface area contributed by atoms with Gasteiger partial charge in [0, 0.05) is 58.8 Å². The number of likely N-dealkylation sites (tertiary alicyclic amines) is 1. The molecular formula is C20H31N3O3. The second kappa shape index (κ2) is 9.24. The molecule has 0 saturated carbocycles. The summed E-state index contributed by atoms with van der Waals surface area (Å²) in [6.07, 6.45) is 3.26. The largest absolute Gasteiger partial charge is 0.493 e. The Morgan fingerprint density at radius 3 is 3.04 bits per heavy atom. The van der Waals surface area contributed by atoms with E-state index in [1.165, 1.54) is 18.4 Å². The molecule has 1 aromatic carbocycles. The number of guanidine groups is 1. The molecule has 2 aliphatic heterocycles. The maximum atomic E-state index is 5.78. The lowest BCUT2D eigenvalue weighted by molar-refractivity contribution is 0.156. The summed E-state index contributed by atoms with van der Waals surface area (Å²) in [7, 11) is 3.56. The number of nitrogens with zero attached hydrogens (tertiary/aromatic N) is 2. The van der Waals surface area contributed by atoms with E-state index >= 15 is 0 Å². The third-order valence-corrected chi connectivity index (χ3v) is 5.25. The molecule has 144 valence electrons. The monoisotopic (exact) mass is 361 g/mol. The highest BCUT2D eigenvalue weighted by Gasteiger charge is 2.42. The SMILES string of the molecule is CN=C(NCc1cccc(OCCCOC)c1)N1CCC2(CCOC2)C1. The van der Waals surface area contributed by atoms with Gasteiger partial charge in [0.1, 0.15) is 5.75 Å². The Bertz CT molecular complexity index is 600. The molecule has 2 aliphatic rings. The number of aliphatic imine (C=N–C) groups is 1. The smallest absolute Gasteiger partial charge is 0.193 e. The first-order valence-electron chi connectivity index (χ1n) is 9.49. The molecule has 1 aromatic rings. The number of hydrogen-bond acceptors (Lipinski definition) is 4. The van der Waals surface area contributed by atoms with E-state index in [9.17, 15) is 0 Å². The molecule has 3 rings (SSSR count). The zero-order valence-electron chi connectivity index (χ0n) is 16.0. The van der Waals surface area contributed by atoms with Gasteiger partial charge in [0.2, 0.25) is 0 Å². The molecule has 1 spiro atoms. The van der Waals surface area contributed by atoms with Crippen LogP contribution in [0.2, 0.25) is 0 Å². The van der Waals surface area contributed by atoms with E-state index < -0.39 is 0 Å². The van der Waals surface area contributed by atoms with Crippen LogP contribution >= 0.6 is 0 Å². The highest BCUT2D eigenvalue weighted by atomic mass is 16.5. The Labute approximate surface area is 156 Å². The lowest BCUT2D eigenvalue weighted by Gasteiger charge is -2.25. The molecule has 1 atom stereocenters. The Hall–Kier alpha value is -1.79. The van der Waals surface area contributed by atoms with Crippen molar-refractivity contribution in [3.05, 3.63) is 29.8 Å². The first-order chi connectivity index (χ1) is 12.7. The summed E-state index contributed by atoms with van der Waals surface area (Å²) in [6.45, 7) is 6.01. The molecule has 0 amide bonds. The molecule has 6 nitrogen and oxygen atoms in total. The fourth-order valence-electron chi connectivity index (χ4n) is 3.74. The lowest BCUT2D eigenvalue weighted by Crippen LogP contribution is -2.41. The van der Waals surface area contributed by atoms with Crippen LogP contribution in [0.25, 0.3) is 0 Å². The minimum absolute atomic E-state index is 0.341. The van der Waals surface area contributed by atoms with Crippen molar-refractivity contribution in [2.24, 2.45) is 10.4 Å². The van der Waals surface area contributed by atoms with Crippen LogP contribution in [0.4, 0.5) is 0 Å². The average molecular weight is 361 g/mol. The van der Waals surface area contributed by atoms with Gasteiger partial charge in [0.05, 0.1) is 13.2 Å². The third kappa shape index (κ3) is 4.89. The van der Waals surface area contributed by atoms with Gasteiger partial charge >= 0.3 is 0 Å². The normalized spacial score (nSPS) is 23.0. The fraction of sp³-hybridized carbons (Fsp3) is 0.650. The van der Waals surface area contributed by atoms with Gasteiger partial charge in [-0.1, -0.05) is 12.1 Å². The number of rotatable bonds is 7. The number of benzene rings is 1. The van der Waals surface area contributed by atoms with E-state index in [2.05, 4.69) is 27.3 Å². The zero-order valence-corrected chi connectivity index (χ0v) is 16.0. The number of ether oxygens (including phenoxy) is 3. The summed E-state index contributed by atoms with van der Waals surface area (Å²) in [5.74, 6) is 1.87. The van der Waals surface area contributed by atoms with Crippen molar-refractivity contribution >= 4 is 5.96 Å². The van der Waals surface area contributed by atoms with Gasteiger partial charge in [-0.25, -0.2) is 0 Å². The molecule has 2 fully saturated rings. The Balaban J connectivity index is 1.49.